The van der Waals surface area contributed by atoms with Gasteiger partial charge in [-0.3, -0.25) is 9.59 Å². The number of halogens is 3. The summed E-state index contributed by atoms with van der Waals surface area (Å²) in [5.74, 6) is -1.38. The van der Waals surface area contributed by atoms with Gasteiger partial charge in [0.05, 0.1) is 11.1 Å². The Morgan fingerprint density at radius 1 is 1.16 bits per heavy atom. The predicted octanol–water partition coefficient (Wildman–Crippen LogP) is 1.79. The van der Waals surface area contributed by atoms with Crippen LogP contribution < -0.4 is 10.00 Å². The maximum absolute atomic E-state index is 12.5. The van der Waals surface area contributed by atoms with Crippen molar-refractivity contribution in [2.75, 3.05) is 0 Å². The molecule has 1 amide bonds. The number of benzene rings is 1. The molecule has 0 aliphatic carbocycles. The van der Waals surface area contributed by atoms with Crippen LogP contribution in [0.2, 0.25) is 0 Å². The molecule has 0 unspecified atom stereocenters. The summed E-state index contributed by atoms with van der Waals surface area (Å²) in [7, 11) is 0. The van der Waals surface area contributed by atoms with Crippen LogP contribution in [0.1, 0.15) is 27.9 Å². The molecule has 25 heavy (non-hydrogen) atoms. The van der Waals surface area contributed by atoms with Gasteiger partial charge in [0.1, 0.15) is 12.6 Å². The Morgan fingerprint density at radius 3 is 2.36 bits per heavy atom. The smallest absolute Gasteiger partial charge is 0.416 e. The number of carboxylic acids is 1. The summed E-state index contributed by atoms with van der Waals surface area (Å²) < 4.78 is 38.8. The van der Waals surface area contributed by atoms with Gasteiger partial charge in [-0.15, -0.1) is 0 Å². The average Bonchev–Trinajstić information content (AvgIpc) is 2.58. The first-order chi connectivity index (χ1) is 11.8. The zero-order chi connectivity index (χ0) is 18.4. The van der Waals surface area contributed by atoms with Crippen LogP contribution >= 0.6 is 0 Å². The molecule has 132 valence electrons. The highest BCUT2D eigenvalue weighted by Gasteiger charge is 2.29. The Hall–Kier alpha value is -2.97. The number of carbonyl (C=O) groups excluding carboxylic acids is 1. The van der Waals surface area contributed by atoms with Crippen LogP contribution in [0.4, 0.5) is 13.2 Å². The number of amides is 1. The van der Waals surface area contributed by atoms with Gasteiger partial charge in [-0.2, -0.15) is 13.2 Å². The maximum Gasteiger partial charge on any atom is 0.416 e. The lowest BCUT2D eigenvalue weighted by Gasteiger charge is -2.08. The Balaban J connectivity index is 1.90. The molecule has 0 bridgehead atoms. The summed E-state index contributed by atoms with van der Waals surface area (Å²) in [6, 6.07) is 5.99. The number of aryl methyl sites for hydroxylation is 1. The fourth-order valence-corrected chi connectivity index (χ4v) is 1.96. The Morgan fingerprint density at radius 2 is 1.84 bits per heavy atom. The number of carboxylic acid groups (broad SMARTS) is 1. The lowest BCUT2D eigenvalue weighted by molar-refractivity contribution is -0.753. The molecule has 0 saturated heterocycles. The molecule has 0 atom stereocenters. The van der Waals surface area contributed by atoms with E-state index in [9.17, 15) is 22.8 Å². The molecule has 6 nitrogen and oxygen atoms in total. The van der Waals surface area contributed by atoms with E-state index in [-0.39, 0.29) is 25.1 Å². The van der Waals surface area contributed by atoms with Crippen LogP contribution in [-0.4, -0.2) is 22.1 Å². The number of nitrogens with zero attached hydrogens (tertiary/aromatic N) is 2. The van der Waals surface area contributed by atoms with Crippen molar-refractivity contribution in [3.8, 4) is 0 Å². The lowest BCUT2D eigenvalue weighted by Crippen LogP contribution is -2.39. The van der Waals surface area contributed by atoms with Crippen molar-refractivity contribution < 1.29 is 32.5 Å². The number of hydrogen-bond donors (Lipinski definition) is 2. The predicted molar refractivity (Wildman–Crippen MR) is 79.3 cm³/mol. The van der Waals surface area contributed by atoms with Crippen molar-refractivity contribution in [1.29, 1.82) is 0 Å². The molecule has 1 heterocycles. The topological polar surface area (TPSA) is 83.2 Å². The Kier molecular flexibility index (Phi) is 5.68. The minimum absolute atomic E-state index is 0.0743. The molecule has 2 rings (SSSR count). The first-order valence-electron chi connectivity index (χ1n) is 7.27. The SMILES string of the molecule is O=C(O)CC[n+]1ccc(C(=O)NCc2ccc(C(F)(F)F)cc2)cn1. The van der Waals surface area contributed by atoms with Crippen molar-refractivity contribution in [2.24, 2.45) is 0 Å². The largest absolute Gasteiger partial charge is 0.481 e. The Labute approximate surface area is 140 Å². The molecule has 0 aliphatic heterocycles. The van der Waals surface area contributed by atoms with E-state index < -0.39 is 23.6 Å². The minimum atomic E-state index is -4.40. The second-order valence-corrected chi connectivity index (χ2v) is 5.20. The van der Waals surface area contributed by atoms with E-state index in [4.69, 9.17) is 5.11 Å². The quantitative estimate of drug-likeness (QED) is 0.775. The van der Waals surface area contributed by atoms with Crippen LogP contribution in [0.5, 0.6) is 0 Å². The number of hydrogen-bond acceptors (Lipinski definition) is 3. The molecule has 9 heteroatoms. The van der Waals surface area contributed by atoms with Gasteiger partial charge in [0.2, 0.25) is 0 Å². The zero-order valence-electron chi connectivity index (χ0n) is 13.0. The summed E-state index contributed by atoms with van der Waals surface area (Å²) in [6.45, 7) is 0.258. The molecular weight excluding hydrogens is 339 g/mol. The first-order valence-corrected chi connectivity index (χ1v) is 7.27. The number of aliphatic carboxylic acids is 1. The van der Waals surface area contributed by atoms with Crippen LogP contribution in [-0.2, 0) is 24.1 Å². The molecule has 0 spiro atoms. The Bertz CT molecular complexity index is 744. The van der Waals surface area contributed by atoms with Crippen LogP contribution in [0, 0.1) is 0 Å². The van der Waals surface area contributed by atoms with Gasteiger partial charge in [-0.05, 0) is 22.8 Å². The zero-order valence-corrected chi connectivity index (χ0v) is 13.0. The number of aromatic nitrogens is 2. The number of alkyl halides is 3. The molecule has 0 saturated carbocycles. The lowest BCUT2D eigenvalue weighted by atomic mass is 10.1. The van der Waals surface area contributed by atoms with E-state index in [1.807, 2.05) is 0 Å². The third-order valence-corrected chi connectivity index (χ3v) is 3.32. The van der Waals surface area contributed by atoms with Gasteiger partial charge in [-0.25, -0.2) is 0 Å². The summed E-state index contributed by atoms with van der Waals surface area (Å²) in [4.78, 5) is 22.5. The van der Waals surface area contributed by atoms with Crippen molar-refractivity contribution in [3.63, 3.8) is 0 Å². The summed E-state index contributed by atoms with van der Waals surface area (Å²) in [5.41, 5.74) is 0.0426. The van der Waals surface area contributed by atoms with E-state index in [0.29, 0.717) is 5.56 Å². The second-order valence-electron chi connectivity index (χ2n) is 5.20. The van der Waals surface area contributed by atoms with Gasteiger partial charge in [0, 0.05) is 12.6 Å². The molecule has 2 aromatic rings. The third-order valence-electron chi connectivity index (χ3n) is 3.32. The number of nitrogens with one attached hydrogen (secondary N) is 1. The fourth-order valence-electron chi connectivity index (χ4n) is 1.96. The number of carbonyl (C=O) groups is 2. The average molecular weight is 354 g/mol. The van der Waals surface area contributed by atoms with Crippen molar-refractivity contribution in [3.05, 3.63) is 59.4 Å². The van der Waals surface area contributed by atoms with E-state index >= 15 is 0 Å². The maximum atomic E-state index is 12.5. The molecule has 0 aliphatic rings. The van der Waals surface area contributed by atoms with E-state index in [0.717, 1.165) is 12.1 Å². The van der Waals surface area contributed by atoms with Gasteiger partial charge >= 0.3 is 12.1 Å². The summed E-state index contributed by atoms with van der Waals surface area (Å²) in [5, 5.41) is 15.1. The normalized spacial score (nSPS) is 11.2. The molecule has 1 aromatic carbocycles. The molecule has 0 radical (unpaired) electrons. The fraction of sp³-hybridized carbons (Fsp3) is 0.250. The van der Waals surface area contributed by atoms with Crippen molar-refractivity contribution >= 4 is 11.9 Å². The van der Waals surface area contributed by atoms with Gasteiger partial charge in [0.15, 0.2) is 12.7 Å². The van der Waals surface area contributed by atoms with E-state index in [1.54, 1.807) is 0 Å². The second kappa shape index (κ2) is 7.73. The summed E-state index contributed by atoms with van der Waals surface area (Å²) >= 11 is 0. The van der Waals surface area contributed by atoms with E-state index in [2.05, 4.69) is 10.4 Å². The van der Waals surface area contributed by atoms with E-state index in [1.165, 1.54) is 35.3 Å². The molecule has 1 aromatic heterocycles. The molecular formula is C16H15F3N3O3+. The van der Waals surface area contributed by atoms with Crippen LogP contribution in [0.15, 0.2) is 42.7 Å². The highest BCUT2D eigenvalue weighted by atomic mass is 19.4. The van der Waals surface area contributed by atoms with Gasteiger partial charge in [-0.1, -0.05) is 16.8 Å². The molecule has 0 fully saturated rings. The van der Waals surface area contributed by atoms with Crippen LogP contribution in [0.25, 0.3) is 0 Å². The highest BCUT2D eigenvalue weighted by Crippen LogP contribution is 2.29. The van der Waals surface area contributed by atoms with Crippen molar-refractivity contribution in [1.82, 2.24) is 10.4 Å². The summed E-state index contributed by atoms with van der Waals surface area (Å²) in [6.07, 6.45) is -1.70. The first kappa shape index (κ1) is 18.4. The number of rotatable bonds is 6. The van der Waals surface area contributed by atoms with Crippen molar-refractivity contribution in [2.45, 2.75) is 25.7 Å². The molecule has 2 N–H and O–H groups in total. The third kappa shape index (κ3) is 5.55. The van der Waals surface area contributed by atoms with Gasteiger partial charge < -0.3 is 10.4 Å². The standard InChI is InChI=1S/C16H14F3N3O3/c17-16(18,19)13-3-1-11(2-4-13)9-20-15(25)12-5-7-22(21-10-12)8-6-14(23)24/h1-5,7,10H,6,8-9H2,(H-,20,23,24,25)/p+1. The monoisotopic (exact) mass is 354 g/mol. The van der Waals surface area contributed by atoms with Gasteiger partial charge in [0.25, 0.3) is 5.91 Å². The van der Waals surface area contributed by atoms with Crippen LogP contribution in [0.3, 0.4) is 0 Å². The highest BCUT2D eigenvalue weighted by molar-refractivity contribution is 5.93. The minimum Gasteiger partial charge on any atom is -0.481 e.